The minimum Gasteiger partial charge on any atom is -0.488 e. The van der Waals surface area contributed by atoms with E-state index >= 15 is 0 Å². The molecule has 12 nitrogen and oxygen atoms in total. The van der Waals surface area contributed by atoms with Crippen molar-refractivity contribution in [3.8, 4) is 5.75 Å². The number of halogens is 1. The number of anilines is 4. The predicted octanol–water partition coefficient (Wildman–Crippen LogP) is 4.89. The Balaban J connectivity index is 1.23. The molecule has 3 aliphatic rings. The van der Waals surface area contributed by atoms with Crippen molar-refractivity contribution in [2.45, 2.75) is 75.6 Å². The zero-order valence-electron chi connectivity index (χ0n) is 24.8. The Labute approximate surface area is 257 Å². The number of likely N-dealkylation sites (tertiary alicyclic amines) is 1. The molecule has 6 rings (SSSR count). The van der Waals surface area contributed by atoms with Crippen molar-refractivity contribution in [3.05, 3.63) is 40.7 Å². The summed E-state index contributed by atoms with van der Waals surface area (Å²) in [5.74, 6) is 1.75. The fourth-order valence-corrected chi connectivity index (χ4v) is 6.85. The van der Waals surface area contributed by atoms with Gasteiger partial charge < -0.3 is 20.1 Å². The van der Waals surface area contributed by atoms with Crippen LogP contribution in [0.4, 0.5) is 23.1 Å². The van der Waals surface area contributed by atoms with Crippen LogP contribution in [-0.2, 0) is 26.1 Å². The molecule has 0 amide bonds. The Hall–Kier alpha value is -2.97. The van der Waals surface area contributed by atoms with Gasteiger partial charge in [0, 0.05) is 13.2 Å². The first-order valence-corrected chi connectivity index (χ1v) is 16.5. The van der Waals surface area contributed by atoms with Crippen LogP contribution in [0.5, 0.6) is 5.75 Å². The van der Waals surface area contributed by atoms with Gasteiger partial charge in [-0.25, -0.2) is 4.98 Å². The zero-order chi connectivity index (χ0) is 30.3. The van der Waals surface area contributed by atoms with E-state index in [9.17, 15) is 8.42 Å². The number of aryl methyl sites for hydroxylation is 2. The third-order valence-corrected chi connectivity index (χ3v) is 9.58. The highest BCUT2D eigenvalue weighted by Crippen LogP contribution is 2.40. The summed E-state index contributed by atoms with van der Waals surface area (Å²) in [6.45, 7) is 9.26. The highest BCUT2D eigenvalue weighted by atomic mass is 35.5. The average molecular weight is 632 g/mol. The van der Waals surface area contributed by atoms with Crippen molar-refractivity contribution in [2.75, 3.05) is 36.9 Å². The molecule has 0 atom stereocenters. The summed E-state index contributed by atoms with van der Waals surface area (Å²) in [5.41, 5.74) is 3.45. The molecule has 4 heterocycles. The molecule has 2 aromatic heterocycles. The molecule has 1 saturated carbocycles. The standard InChI is InChI=1S/C29H38ClN7O5S/c1-17(2)42-43(38,39)28-25(14-36(4)35-28)32-27-23(30)13-31-29(34-27)33-24-11-18(3)22(12-26(24)41-21-5-6-21)19-7-9-37(10-8-19)20-15-40-16-20/h11-14,17,19-21H,5-10,15-16H2,1-4H3,(H2,31,32,33,34). The molecule has 0 bridgehead atoms. The van der Waals surface area contributed by atoms with E-state index in [4.69, 9.17) is 25.3 Å². The number of nitrogens with zero attached hydrogens (tertiary/aromatic N) is 5. The third kappa shape index (κ3) is 6.91. The Morgan fingerprint density at radius 1 is 1.09 bits per heavy atom. The van der Waals surface area contributed by atoms with Gasteiger partial charge >= 0.3 is 10.1 Å². The first-order chi connectivity index (χ1) is 20.6. The lowest BCUT2D eigenvalue weighted by atomic mass is 9.86. The molecule has 0 unspecified atom stereocenters. The van der Waals surface area contributed by atoms with Crippen molar-refractivity contribution >= 4 is 44.9 Å². The molecule has 1 aliphatic carbocycles. The van der Waals surface area contributed by atoms with Gasteiger partial charge in [0.25, 0.3) is 0 Å². The predicted molar refractivity (Wildman–Crippen MR) is 163 cm³/mol. The molecule has 14 heteroatoms. The number of ether oxygens (including phenoxy) is 2. The van der Waals surface area contributed by atoms with E-state index in [1.165, 1.54) is 28.2 Å². The monoisotopic (exact) mass is 631 g/mol. The van der Waals surface area contributed by atoms with E-state index in [0.717, 1.165) is 63.4 Å². The van der Waals surface area contributed by atoms with Crippen LogP contribution >= 0.6 is 11.6 Å². The van der Waals surface area contributed by atoms with E-state index in [1.54, 1.807) is 20.9 Å². The van der Waals surface area contributed by atoms with Crippen LogP contribution in [0.1, 0.15) is 56.6 Å². The maximum absolute atomic E-state index is 12.8. The second-order valence-corrected chi connectivity index (χ2v) is 13.7. The van der Waals surface area contributed by atoms with Crippen molar-refractivity contribution in [1.29, 1.82) is 0 Å². The molecular formula is C29H38ClN7O5S. The molecular weight excluding hydrogens is 594 g/mol. The van der Waals surface area contributed by atoms with Crippen molar-refractivity contribution in [1.82, 2.24) is 24.6 Å². The number of aromatic nitrogens is 4. The second-order valence-electron chi connectivity index (χ2n) is 11.8. The van der Waals surface area contributed by atoms with Crippen LogP contribution in [0.25, 0.3) is 0 Å². The summed E-state index contributed by atoms with van der Waals surface area (Å²) in [4.78, 5) is 11.5. The highest BCUT2D eigenvalue weighted by Gasteiger charge is 2.32. The van der Waals surface area contributed by atoms with Crippen molar-refractivity contribution in [3.63, 3.8) is 0 Å². The molecule has 3 fully saturated rings. The lowest BCUT2D eigenvalue weighted by Gasteiger charge is -2.41. The largest absolute Gasteiger partial charge is 0.488 e. The summed E-state index contributed by atoms with van der Waals surface area (Å²) in [7, 11) is -2.50. The average Bonchev–Trinajstić information content (AvgIpc) is 3.65. The summed E-state index contributed by atoms with van der Waals surface area (Å²) in [6.07, 6.45) is 6.93. The van der Waals surface area contributed by atoms with Gasteiger partial charge in [0.15, 0.2) is 5.82 Å². The van der Waals surface area contributed by atoms with E-state index in [1.807, 2.05) is 0 Å². The Morgan fingerprint density at radius 3 is 2.49 bits per heavy atom. The van der Waals surface area contributed by atoms with E-state index in [0.29, 0.717) is 12.0 Å². The van der Waals surface area contributed by atoms with Crippen LogP contribution in [0.15, 0.2) is 29.6 Å². The van der Waals surface area contributed by atoms with Gasteiger partial charge in [-0.05, 0) is 88.7 Å². The maximum Gasteiger partial charge on any atom is 0.318 e. The molecule has 43 heavy (non-hydrogen) atoms. The fourth-order valence-electron chi connectivity index (χ4n) is 5.51. The minimum absolute atomic E-state index is 0.184. The van der Waals surface area contributed by atoms with E-state index in [-0.39, 0.29) is 33.6 Å². The number of piperidine rings is 1. The Morgan fingerprint density at radius 2 is 1.84 bits per heavy atom. The number of hydrogen-bond acceptors (Lipinski definition) is 11. The number of hydrogen-bond donors (Lipinski definition) is 2. The van der Waals surface area contributed by atoms with Gasteiger partial charge in [-0.1, -0.05) is 11.6 Å². The van der Waals surface area contributed by atoms with Crippen molar-refractivity contribution in [2.24, 2.45) is 7.05 Å². The number of benzene rings is 1. The normalized spacial score (nSPS) is 18.6. The SMILES string of the molecule is Cc1cc(Nc2ncc(Cl)c(Nc3cn(C)nc3S(=O)(=O)OC(C)C)n2)c(OC2CC2)cc1C1CCN(C2COC2)CC1. The minimum atomic E-state index is -4.12. The highest BCUT2D eigenvalue weighted by molar-refractivity contribution is 7.86. The summed E-state index contributed by atoms with van der Waals surface area (Å²) >= 11 is 6.43. The first kappa shape index (κ1) is 30.1. The molecule has 2 aliphatic heterocycles. The number of nitrogens with one attached hydrogen (secondary N) is 2. The van der Waals surface area contributed by atoms with Crippen molar-refractivity contribution < 1.29 is 22.1 Å². The zero-order valence-corrected chi connectivity index (χ0v) is 26.4. The summed E-state index contributed by atoms with van der Waals surface area (Å²) in [5, 5.41) is 10.4. The molecule has 232 valence electrons. The van der Waals surface area contributed by atoms with Crippen LogP contribution < -0.4 is 15.4 Å². The first-order valence-electron chi connectivity index (χ1n) is 14.7. The number of rotatable bonds is 11. The Bertz CT molecular complexity index is 1580. The van der Waals surface area contributed by atoms with Crippen LogP contribution in [0, 0.1) is 6.92 Å². The second kappa shape index (κ2) is 12.2. The molecule has 1 aromatic carbocycles. The quantitative estimate of drug-likeness (QED) is 0.280. The summed E-state index contributed by atoms with van der Waals surface area (Å²) < 4.78 is 43.9. The molecule has 0 radical (unpaired) electrons. The smallest absolute Gasteiger partial charge is 0.318 e. The van der Waals surface area contributed by atoms with Crippen LogP contribution in [0.3, 0.4) is 0 Å². The molecule has 2 N–H and O–H groups in total. The van der Waals surface area contributed by atoms with Gasteiger partial charge in [-0.15, -0.1) is 0 Å². The topological polar surface area (TPSA) is 133 Å². The molecule has 0 spiro atoms. The van der Waals surface area contributed by atoms with Gasteiger partial charge in [0.1, 0.15) is 16.5 Å². The third-order valence-electron chi connectivity index (χ3n) is 7.89. The summed E-state index contributed by atoms with van der Waals surface area (Å²) in [6, 6.07) is 4.85. The lowest BCUT2D eigenvalue weighted by molar-refractivity contribution is -0.0712. The van der Waals surface area contributed by atoms with Gasteiger partial charge in [0.2, 0.25) is 11.0 Å². The fraction of sp³-hybridized carbons (Fsp3) is 0.552. The van der Waals surface area contributed by atoms with E-state index < -0.39 is 16.2 Å². The Kier molecular flexibility index (Phi) is 8.53. The van der Waals surface area contributed by atoms with Crippen LogP contribution in [0.2, 0.25) is 5.02 Å². The molecule has 2 saturated heterocycles. The molecule has 3 aromatic rings. The van der Waals surface area contributed by atoms with E-state index in [2.05, 4.69) is 49.7 Å². The maximum atomic E-state index is 12.8. The van der Waals surface area contributed by atoms with Crippen LogP contribution in [-0.4, -0.2) is 77.6 Å². The van der Waals surface area contributed by atoms with Gasteiger partial charge in [-0.3, -0.25) is 13.8 Å². The lowest BCUT2D eigenvalue weighted by Crippen LogP contribution is -2.51. The van der Waals surface area contributed by atoms with Gasteiger partial charge in [0.05, 0.1) is 43.3 Å². The van der Waals surface area contributed by atoms with Gasteiger partial charge in [-0.2, -0.15) is 18.5 Å².